The summed E-state index contributed by atoms with van der Waals surface area (Å²) in [7, 11) is 1.53. The van der Waals surface area contributed by atoms with Gasteiger partial charge in [-0.25, -0.2) is 9.29 Å². The molecule has 2 aromatic carbocycles. The highest BCUT2D eigenvalue weighted by Crippen LogP contribution is 2.33. The van der Waals surface area contributed by atoms with Crippen molar-refractivity contribution in [2.45, 2.75) is 12.1 Å². The SMILES string of the molecule is COc1ccc(NC(=O)CN2N=N[C@@H]3C(=O)N(c4ccc(F)c(Cl)c4)C(=O)[C@@H]32)cc1. The van der Waals surface area contributed by atoms with Crippen LogP contribution in [0.5, 0.6) is 5.75 Å². The van der Waals surface area contributed by atoms with Crippen LogP contribution in [0.4, 0.5) is 15.8 Å². The number of carbonyl (C=O) groups excluding carboxylic acids is 3. The first kappa shape index (κ1) is 19.8. The van der Waals surface area contributed by atoms with E-state index in [1.54, 1.807) is 24.3 Å². The molecule has 2 aromatic rings. The summed E-state index contributed by atoms with van der Waals surface area (Å²) in [5, 5.41) is 11.3. The summed E-state index contributed by atoms with van der Waals surface area (Å²) < 4.78 is 18.5. The molecule has 2 aliphatic rings. The van der Waals surface area contributed by atoms with Gasteiger partial charge in [-0.3, -0.25) is 19.4 Å². The highest BCUT2D eigenvalue weighted by molar-refractivity contribution is 6.32. The molecule has 1 saturated heterocycles. The maximum Gasteiger partial charge on any atom is 0.263 e. The van der Waals surface area contributed by atoms with Crippen molar-refractivity contribution in [2.24, 2.45) is 10.3 Å². The lowest BCUT2D eigenvalue weighted by Crippen LogP contribution is -2.43. The van der Waals surface area contributed by atoms with Crippen molar-refractivity contribution < 1.29 is 23.5 Å². The first-order chi connectivity index (χ1) is 14.4. The number of imide groups is 1. The van der Waals surface area contributed by atoms with Crippen LogP contribution in [0.25, 0.3) is 0 Å². The van der Waals surface area contributed by atoms with Crippen molar-refractivity contribution >= 4 is 40.7 Å². The average Bonchev–Trinajstić information content (AvgIpc) is 3.24. The highest BCUT2D eigenvalue weighted by Gasteiger charge is 2.55. The Hall–Kier alpha value is -3.53. The van der Waals surface area contributed by atoms with Gasteiger partial charge < -0.3 is 10.1 Å². The summed E-state index contributed by atoms with van der Waals surface area (Å²) in [6.45, 7) is -0.284. The number of carbonyl (C=O) groups is 3. The lowest BCUT2D eigenvalue weighted by molar-refractivity contribution is -0.123. The molecule has 0 saturated carbocycles. The van der Waals surface area contributed by atoms with Gasteiger partial charge in [0.15, 0.2) is 12.1 Å². The molecule has 2 aliphatic heterocycles. The standard InChI is InChI=1S/C19H15ClFN5O4/c1-30-12-5-2-10(3-6-12)22-15(27)9-25-17-16(23-24-25)18(28)26(19(17)29)11-4-7-14(21)13(20)8-11/h2-8,16-17H,9H2,1H3,(H,22,27)/t16-,17+/m0/s1. The van der Waals surface area contributed by atoms with E-state index in [9.17, 15) is 18.8 Å². The number of methoxy groups -OCH3 is 1. The molecular formula is C19H15ClFN5O4. The van der Waals surface area contributed by atoms with Gasteiger partial charge in [0.05, 0.1) is 17.8 Å². The van der Waals surface area contributed by atoms with Crippen LogP contribution in [0, 0.1) is 5.82 Å². The van der Waals surface area contributed by atoms with Gasteiger partial charge in [0.2, 0.25) is 5.91 Å². The highest BCUT2D eigenvalue weighted by atomic mass is 35.5. The summed E-state index contributed by atoms with van der Waals surface area (Å²) in [6.07, 6.45) is 0. The van der Waals surface area contributed by atoms with Crippen molar-refractivity contribution in [3.8, 4) is 5.75 Å². The van der Waals surface area contributed by atoms with Crippen LogP contribution in [-0.4, -0.2) is 48.5 Å². The lowest BCUT2D eigenvalue weighted by atomic mass is 10.1. The van der Waals surface area contributed by atoms with E-state index >= 15 is 0 Å². The number of hydrogen-bond acceptors (Lipinski definition) is 7. The van der Waals surface area contributed by atoms with Gasteiger partial charge in [0, 0.05) is 5.69 Å². The number of nitrogens with zero attached hydrogens (tertiary/aromatic N) is 4. The predicted octanol–water partition coefficient (Wildman–Crippen LogP) is 2.42. The Balaban J connectivity index is 1.47. The Morgan fingerprint density at radius 3 is 2.60 bits per heavy atom. The molecule has 1 fully saturated rings. The Morgan fingerprint density at radius 2 is 1.93 bits per heavy atom. The molecule has 0 aromatic heterocycles. The van der Waals surface area contributed by atoms with E-state index in [2.05, 4.69) is 15.7 Å². The minimum Gasteiger partial charge on any atom is -0.497 e. The minimum atomic E-state index is -1.07. The Kier molecular flexibility index (Phi) is 5.08. The molecule has 154 valence electrons. The monoisotopic (exact) mass is 431 g/mol. The summed E-state index contributed by atoms with van der Waals surface area (Å²) >= 11 is 5.76. The van der Waals surface area contributed by atoms with E-state index in [4.69, 9.17) is 16.3 Å². The zero-order valence-corrected chi connectivity index (χ0v) is 16.3. The van der Waals surface area contributed by atoms with Crippen LogP contribution >= 0.6 is 11.6 Å². The van der Waals surface area contributed by atoms with Crippen LogP contribution < -0.4 is 15.0 Å². The normalized spacial score (nSPS) is 20.0. The number of benzene rings is 2. The van der Waals surface area contributed by atoms with Gasteiger partial charge in [0.25, 0.3) is 11.8 Å². The van der Waals surface area contributed by atoms with E-state index in [1.165, 1.54) is 19.2 Å². The smallest absolute Gasteiger partial charge is 0.263 e. The van der Waals surface area contributed by atoms with E-state index < -0.39 is 35.6 Å². The molecule has 9 nitrogen and oxygen atoms in total. The molecule has 0 spiro atoms. The number of rotatable bonds is 5. The van der Waals surface area contributed by atoms with Crippen molar-refractivity contribution in [1.82, 2.24) is 5.01 Å². The fraction of sp³-hybridized carbons (Fsp3) is 0.211. The zero-order valence-electron chi connectivity index (χ0n) is 15.6. The van der Waals surface area contributed by atoms with Crippen LogP contribution in [0.15, 0.2) is 52.8 Å². The molecule has 2 heterocycles. The van der Waals surface area contributed by atoms with Gasteiger partial charge in [-0.2, -0.15) is 5.11 Å². The molecule has 0 bridgehead atoms. The second kappa shape index (κ2) is 7.71. The molecule has 11 heteroatoms. The fourth-order valence-corrected chi connectivity index (χ4v) is 3.43. The van der Waals surface area contributed by atoms with Crippen molar-refractivity contribution in [3.05, 3.63) is 53.3 Å². The molecular weight excluding hydrogens is 417 g/mol. The number of halogens is 2. The molecule has 2 atom stereocenters. The maximum absolute atomic E-state index is 13.4. The van der Waals surface area contributed by atoms with Gasteiger partial charge in [-0.05, 0) is 42.5 Å². The van der Waals surface area contributed by atoms with Gasteiger partial charge in [-0.1, -0.05) is 16.8 Å². The summed E-state index contributed by atoms with van der Waals surface area (Å²) in [5.41, 5.74) is 0.661. The summed E-state index contributed by atoms with van der Waals surface area (Å²) in [4.78, 5) is 38.8. The van der Waals surface area contributed by atoms with Crippen LogP contribution in [0.2, 0.25) is 5.02 Å². The van der Waals surface area contributed by atoms with Crippen LogP contribution in [0.3, 0.4) is 0 Å². The number of hydrogen-bond donors (Lipinski definition) is 1. The topological polar surface area (TPSA) is 104 Å². The number of amides is 3. The molecule has 0 unspecified atom stereocenters. The maximum atomic E-state index is 13.4. The van der Waals surface area contributed by atoms with Gasteiger partial charge >= 0.3 is 0 Å². The second-order valence-corrected chi connectivity index (χ2v) is 6.99. The molecule has 0 aliphatic carbocycles. The van der Waals surface area contributed by atoms with Gasteiger partial charge in [-0.15, -0.1) is 0 Å². The summed E-state index contributed by atoms with van der Waals surface area (Å²) in [5.74, 6) is -1.70. The first-order valence-corrected chi connectivity index (χ1v) is 9.21. The quantitative estimate of drug-likeness (QED) is 0.732. The fourth-order valence-electron chi connectivity index (χ4n) is 3.25. The third-order valence-electron chi connectivity index (χ3n) is 4.70. The molecule has 4 rings (SSSR count). The van der Waals surface area contributed by atoms with E-state index in [1.807, 2.05) is 0 Å². The molecule has 3 amide bonds. The van der Waals surface area contributed by atoms with Crippen LogP contribution in [-0.2, 0) is 14.4 Å². The largest absolute Gasteiger partial charge is 0.497 e. The minimum absolute atomic E-state index is 0.128. The Bertz CT molecular complexity index is 1060. The third kappa shape index (κ3) is 3.45. The van der Waals surface area contributed by atoms with Crippen molar-refractivity contribution in [3.63, 3.8) is 0 Å². The number of nitrogens with one attached hydrogen (secondary N) is 1. The zero-order chi connectivity index (χ0) is 21.4. The lowest BCUT2D eigenvalue weighted by Gasteiger charge is -2.20. The van der Waals surface area contributed by atoms with E-state index in [0.717, 1.165) is 16.0 Å². The summed E-state index contributed by atoms with van der Waals surface area (Å²) in [6, 6.07) is 8.09. The Morgan fingerprint density at radius 1 is 1.20 bits per heavy atom. The molecule has 0 radical (unpaired) electrons. The van der Waals surface area contributed by atoms with E-state index in [-0.39, 0.29) is 17.3 Å². The van der Waals surface area contributed by atoms with Crippen molar-refractivity contribution in [2.75, 3.05) is 23.9 Å². The molecule has 30 heavy (non-hydrogen) atoms. The number of ether oxygens (including phenoxy) is 1. The number of anilines is 2. The van der Waals surface area contributed by atoms with Crippen LogP contribution in [0.1, 0.15) is 0 Å². The molecule has 1 N–H and O–H groups in total. The predicted molar refractivity (Wildman–Crippen MR) is 105 cm³/mol. The first-order valence-electron chi connectivity index (χ1n) is 8.83. The van der Waals surface area contributed by atoms with E-state index in [0.29, 0.717) is 11.4 Å². The number of fused-ring (bicyclic) bond motifs is 1. The van der Waals surface area contributed by atoms with Crippen molar-refractivity contribution in [1.29, 1.82) is 0 Å². The third-order valence-corrected chi connectivity index (χ3v) is 4.99. The second-order valence-electron chi connectivity index (χ2n) is 6.58. The average molecular weight is 432 g/mol. The Labute approximate surface area is 175 Å². The van der Waals surface area contributed by atoms with Gasteiger partial charge in [0.1, 0.15) is 18.1 Å².